The number of aromatic nitrogens is 4. The van der Waals surface area contributed by atoms with Crippen molar-refractivity contribution in [2.75, 3.05) is 26.2 Å². The van der Waals surface area contributed by atoms with Crippen molar-refractivity contribution in [3.05, 3.63) is 192 Å². The highest BCUT2D eigenvalue weighted by molar-refractivity contribution is 5.89. The van der Waals surface area contributed by atoms with Gasteiger partial charge in [0.25, 0.3) is 0 Å². The van der Waals surface area contributed by atoms with Crippen LogP contribution in [0.4, 0.5) is 0 Å². The van der Waals surface area contributed by atoms with Crippen molar-refractivity contribution < 1.29 is 9.59 Å². The van der Waals surface area contributed by atoms with E-state index in [-0.39, 0.29) is 30.1 Å². The van der Waals surface area contributed by atoms with Crippen LogP contribution < -0.4 is 0 Å². The average Bonchev–Trinajstić information content (AvgIpc) is 3.81. The summed E-state index contributed by atoms with van der Waals surface area (Å²) in [4.78, 5) is 42.6. The lowest BCUT2D eigenvalue weighted by atomic mass is 9.76. The number of likely N-dealkylation sites (tertiary alicyclic amines) is 2. The monoisotopic (exact) mass is 933 g/mol. The topological polar surface area (TPSA) is 87.1 Å². The number of hydrogen-bond acceptors (Lipinski definition) is 4. The molecular formula is C62H72N6O2. The van der Waals surface area contributed by atoms with Crippen LogP contribution in [0.2, 0.25) is 0 Å². The molecule has 8 heteroatoms. The lowest BCUT2D eigenvalue weighted by molar-refractivity contribution is -0.131. The molecule has 4 heterocycles. The summed E-state index contributed by atoms with van der Waals surface area (Å²) in [6.07, 6.45) is 17.2. The number of unbranched alkanes of at least 4 members (excludes halogenated alkanes) is 6. The predicted octanol–water partition coefficient (Wildman–Crippen LogP) is 13.0. The van der Waals surface area contributed by atoms with Gasteiger partial charge >= 0.3 is 0 Å². The molecule has 8 nitrogen and oxygen atoms in total. The fourth-order valence-corrected chi connectivity index (χ4v) is 12.5. The molecule has 70 heavy (non-hydrogen) atoms. The minimum atomic E-state index is -0.639. The number of rotatable bonds is 18. The standard InChI is InChI=1S/C40H41N3O.C21H27N3O.CH4/c1-3-4-5-15-25-42-28-35-37(38(42)44)39(35,2)34-24-16-17-30(26-34)36-27-41-29-43(36)40(31-18-9-6-10-19-31,32-20-11-7-12-21-32)33-22-13-8-14-23-33;1-3-4-5-6-10-24-13-17-19(20(24)25)21(17,2)16-9-7-8-15(11-16)18-12-22-14-23-18;/h6-14,16-24,26-27,29,35,37H,3-5,15,25,28H2,1-2H3;7-9,11-12,14,17,19H,3-6,10,13H2,1-2H3,(H,22,23);1H4. The Morgan fingerprint density at radius 3 is 1.47 bits per heavy atom. The van der Waals surface area contributed by atoms with Crippen LogP contribution in [0.25, 0.3) is 22.5 Å². The Hall–Kier alpha value is -6.54. The lowest BCUT2D eigenvalue weighted by Crippen LogP contribution is -2.37. The van der Waals surface area contributed by atoms with E-state index in [2.05, 4.69) is 192 Å². The zero-order valence-electron chi connectivity index (χ0n) is 40.9. The van der Waals surface area contributed by atoms with Crippen LogP contribution in [0.15, 0.2) is 165 Å². The van der Waals surface area contributed by atoms with Gasteiger partial charge in [-0.25, -0.2) is 9.97 Å². The first-order valence-corrected chi connectivity index (χ1v) is 25.7. The third-order valence-corrected chi connectivity index (χ3v) is 16.6. The third-order valence-electron chi connectivity index (χ3n) is 16.6. The summed E-state index contributed by atoms with van der Waals surface area (Å²) in [6.45, 7) is 12.7. The van der Waals surface area contributed by atoms with E-state index < -0.39 is 5.54 Å². The maximum Gasteiger partial charge on any atom is 0.226 e. The van der Waals surface area contributed by atoms with Crippen molar-refractivity contribution in [3.8, 4) is 22.5 Å². The van der Waals surface area contributed by atoms with Gasteiger partial charge < -0.3 is 19.4 Å². The van der Waals surface area contributed by atoms with Crippen molar-refractivity contribution in [1.82, 2.24) is 29.3 Å². The number of nitrogens with one attached hydrogen (secondary N) is 1. The quantitative estimate of drug-likeness (QED) is 0.0686. The van der Waals surface area contributed by atoms with E-state index in [9.17, 15) is 9.59 Å². The van der Waals surface area contributed by atoms with Gasteiger partial charge in [0, 0.05) is 42.6 Å². The molecule has 1 N–H and O–H groups in total. The molecule has 6 unspecified atom stereocenters. The van der Waals surface area contributed by atoms with E-state index in [1.54, 1.807) is 6.33 Å². The highest BCUT2D eigenvalue weighted by atomic mass is 16.2. The van der Waals surface area contributed by atoms with Gasteiger partial charge in [-0.15, -0.1) is 0 Å². The molecule has 0 bridgehead atoms. The van der Waals surface area contributed by atoms with Crippen molar-refractivity contribution in [1.29, 1.82) is 0 Å². The average molecular weight is 933 g/mol. The smallest absolute Gasteiger partial charge is 0.226 e. The van der Waals surface area contributed by atoms with Crippen molar-refractivity contribution >= 4 is 11.8 Å². The summed E-state index contributed by atoms with van der Waals surface area (Å²) in [6, 6.07) is 49.7. The van der Waals surface area contributed by atoms with Crippen LogP contribution in [-0.2, 0) is 26.0 Å². The molecule has 0 radical (unpaired) electrons. The normalized spacial score (nSPS) is 23.0. The van der Waals surface area contributed by atoms with E-state index in [0.717, 1.165) is 61.5 Å². The number of imidazole rings is 2. The fraction of sp³-hybridized carbons (Fsp3) is 0.387. The van der Waals surface area contributed by atoms with Gasteiger partial charge in [0.15, 0.2) is 0 Å². The first-order chi connectivity index (χ1) is 33.8. The van der Waals surface area contributed by atoms with Crippen LogP contribution in [0.3, 0.4) is 0 Å². The number of aromatic amines is 1. The Balaban J connectivity index is 0.000000199. The number of carbonyl (C=O) groups excluding carboxylic acids is 2. The molecule has 4 aliphatic rings. The number of hydrogen-bond donors (Lipinski definition) is 1. The van der Waals surface area contributed by atoms with Crippen LogP contribution in [0.1, 0.15) is 114 Å². The molecule has 4 fully saturated rings. The Labute approximate surface area is 416 Å². The second-order valence-electron chi connectivity index (χ2n) is 20.5. The number of nitrogens with zero attached hydrogens (tertiary/aromatic N) is 5. The highest BCUT2D eigenvalue weighted by Crippen LogP contribution is 2.65. The Kier molecular flexibility index (Phi) is 14.2. The lowest BCUT2D eigenvalue weighted by Gasteiger charge is -2.38. The Bertz CT molecular complexity index is 2740. The summed E-state index contributed by atoms with van der Waals surface area (Å²) in [5.74, 6) is 1.85. The van der Waals surface area contributed by atoms with Gasteiger partial charge in [-0.2, -0.15) is 0 Å². The summed E-state index contributed by atoms with van der Waals surface area (Å²) >= 11 is 0. The van der Waals surface area contributed by atoms with Gasteiger partial charge in [0.05, 0.1) is 48.3 Å². The number of carbonyl (C=O) groups is 2. The molecule has 2 saturated heterocycles. The fourth-order valence-electron chi connectivity index (χ4n) is 12.5. The number of H-pyrrole nitrogens is 1. The molecule has 2 aliphatic heterocycles. The van der Waals surface area contributed by atoms with Gasteiger partial charge in [-0.1, -0.05) is 201 Å². The van der Waals surface area contributed by atoms with Gasteiger partial charge in [-0.3, -0.25) is 9.59 Å². The third kappa shape index (κ3) is 8.51. The van der Waals surface area contributed by atoms with Gasteiger partial charge in [0.1, 0.15) is 5.54 Å². The molecule has 7 aromatic rings. The molecule has 2 saturated carbocycles. The second-order valence-corrected chi connectivity index (χ2v) is 20.5. The summed E-state index contributed by atoms with van der Waals surface area (Å²) in [7, 11) is 0. The first kappa shape index (κ1) is 48.5. The number of benzene rings is 5. The highest BCUT2D eigenvalue weighted by Gasteiger charge is 2.71. The summed E-state index contributed by atoms with van der Waals surface area (Å²) in [5.41, 5.74) is 9.62. The first-order valence-electron chi connectivity index (χ1n) is 25.7. The van der Waals surface area contributed by atoms with Crippen LogP contribution in [0, 0.1) is 23.7 Å². The molecule has 362 valence electrons. The SMILES string of the molecule is C.CCCCCCN1CC2C(C1=O)C2(C)c1cccc(-c2cnc[nH]2)c1.CCCCCCN1CC2C(C1=O)C2(C)c1cccc(-c2cncn2C(c2ccccc2)(c2ccccc2)c2ccccc2)c1. The number of fused-ring (bicyclic) bond motifs is 2. The summed E-state index contributed by atoms with van der Waals surface area (Å²) < 4.78 is 2.34. The van der Waals surface area contributed by atoms with Gasteiger partial charge in [0.2, 0.25) is 11.8 Å². The largest absolute Gasteiger partial charge is 0.345 e. The molecule has 11 rings (SSSR count). The maximum atomic E-state index is 13.5. The minimum Gasteiger partial charge on any atom is -0.345 e. The second kappa shape index (κ2) is 20.4. The van der Waals surface area contributed by atoms with Crippen molar-refractivity contribution in [2.45, 2.75) is 103 Å². The van der Waals surface area contributed by atoms with Crippen molar-refractivity contribution in [3.63, 3.8) is 0 Å². The van der Waals surface area contributed by atoms with Gasteiger partial charge in [-0.05, 0) is 70.2 Å². The van der Waals surface area contributed by atoms with E-state index in [0.29, 0.717) is 23.7 Å². The summed E-state index contributed by atoms with van der Waals surface area (Å²) in [5, 5.41) is 0. The molecule has 2 aliphatic carbocycles. The molecule has 2 amide bonds. The maximum absolute atomic E-state index is 13.5. The van der Waals surface area contributed by atoms with E-state index in [1.165, 1.54) is 66.3 Å². The van der Waals surface area contributed by atoms with Crippen LogP contribution in [0.5, 0.6) is 0 Å². The van der Waals surface area contributed by atoms with Crippen molar-refractivity contribution in [2.24, 2.45) is 23.7 Å². The van der Waals surface area contributed by atoms with Crippen LogP contribution >= 0.6 is 0 Å². The number of piperidine rings is 2. The molecular weight excluding hydrogens is 861 g/mol. The van der Waals surface area contributed by atoms with E-state index in [4.69, 9.17) is 4.98 Å². The molecule has 5 aromatic carbocycles. The Morgan fingerprint density at radius 2 is 1.04 bits per heavy atom. The number of amides is 2. The predicted molar refractivity (Wildman–Crippen MR) is 283 cm³/mol. The molecule has 2 aromatic heterocycles. The Morgan fingerprint density at radius 1 is 0.571 bits per heavy atom. The zero-order valence-corrected chi connectivity index (χ0v) is 40.9. The minimum absolute atomic E-state index is 0. The van der Waals surface area contributed by atoms with Crippen LogP contribution in [-0.4, -0.2) is 67.3 Å². The van der Waals surface area contributed by atoms with E-state index >= 15 is 0 Å². The zero-order chi connectivity index (χ0) is 47.6. The molecule has 0 spiro atoms. The molecule has 6 atom stereocenters. The van der Waals surface area contributed by atoms with E-state index in [1.807, 2.05) is 18.7 Å².